The summed E-state index contributed by atoms with van der Waals surface area (Å²) in [7, 11) is 0. The molecule has 0 radical (unpaired) electrons. The molecule has 29 heavy (non-hydrogen) atoms. The number of carboxylic acids is 1. The largest absolute Gasteiger partial charge is 0.510 e. The van der Waals surface area contributed by atoms with Crippen molar-refractivity contribution in [3.63, 3.8) is 0 Å². The molecule has 162 valence electrons. The average Bonchev–Trinajstić information content (AvgIpc) is 3.15. The SMILES string of the molecule is CCCCC=C(C(=O)O)C1C[C@H](O)C[C@@]1(O)/C(O)=C\CCCc1csc(Br)c1Br. The molecule has 0 saturated heterocycles. The number of halogens is 2. The van der Waals surface area contributed by atoms with Crippen molar-refractivity contribution in [1.82, 2.24) is 0 Å². The lowest BCUT2D eigenvalue weighted by atomic mass is 9.82. The summed E-state index contributed by atoms with van der Waals surface area (Å²) in [5, 5.41) is 43.6. The van der Waals surface area contributed by atoms with Crippen molar-refractivity contribution in [3.05, 3.63) is 42.7 Å². The Hall–Kier alpha value is -0.670. The molecule has 0 aromatic carbocycles. The monoisotopic (exact) mass is 550 g/mol. The van der Waals surface area contributed by atoms with Gasteiger partial charge in [-0.15, -0.1) is 11.3 Å². The van der Waals surface area contributed by atoms with Gasteiger partial charge in [0.05, 0.1) is 9.89 Å². The lowest BCUT2D eigenvalue weighted by molar-refractivity contribution is -0.134. The smallest absolute Gasteiger partial charge is 0.331 e. The second-order valence-electron chi connectivity index (χ2n) is 7.51. The predicted molar refractivity (Wildman–Crippen MR) is 122 cm³/mol. The third-order valence-electron chi connectivity index (χ3n) is 5.37. The number of carbonyl (C=O) groups is 1. The van der Waals surface area contributed by atoms with E-state index >= 15 is 0 Å². The van der Waals surface area contributed by atoms with Crippen LogP contribution in [-0.2, 0) is 11.2 Å². The normalized spacial score (nSPS) is 25.6. The average molecular weight is 552 g/mol. The van der Waals surface area contributed by atoms with Crippen LogP contribution in [0.5, 0.6) is 0 Å². The topological polar surface area (TPSA) is 98.0 Å². The third kappa shape index (κ3) is 6.17. The van der Waals surface area contributed by atoms with Crippen LogP contribution in [0.2, 0.25) is 0 Å². The van der Waals surface area contributed by atoms with Gasteiger partial charge in [-0.25, -0.2) is 4.79 Å². The van der Waals surface area contributed by atoms with E-state index in [-0.39, 0.29) is 24.2 Å². The van der Waals surface area contributed by atoms with Gasteiger partial charge in [-0.1, -0.05) is 25.8 Å². The number of aliphatic hydroxyl groups excluding tert-OH is 2. The molecule has 1 unspecified atom stereocenters. The molecule has 2 rings (SSSR count). The summed E-state index contributed by atoms with van der Waals surface area (Å²) in [4.78, 5) is 11.8. The van der Waals surface area contributed by atoms with E-state index in [0.717, 1.165) is 33.9 Å². The highest BCUT2D eigenvalue weighted by atomic mass is 79.9. The molecule has 5 nitrogen and oxygen atoms in total. The number of aliphatic carboxylic acids is 1. The first kappa shape index (κ1) is 24.6. The molecule has 4 N–H and O–H groups in total. The summed E-state index contributed by atoms with van der Waals surface area (Å²) < 4.78 is 2.08. The van der Waals surface area contributed by atoms with Crippen LogP contribution in [0.1, 0.15) is 57.4 Å². The van der Waals surface area contributed by atoms with E-state index in [0.29, 0.717) is 12.8 Å². The van der Waals surface area contributed by atoms with Crippen LogP contribution >= 0.6 is 43.2 Å². The maximum atomic E-state index is 11.8. The summed E-state index contributed by atoms with van der Waals surface area (Å²) in [6.07, 6.45) is 6.88. The van der Waals surface area contributed by atoms with E-state index in [1.165, 1.54) is 5.56 Å². The van der Waals surface area contributed by atoms with Gasteiger partial charge in [-0.05, 0) is 81.0 Å². The highest BCUT2D eigenvalue weighted by Gasteiger charge is 2.51. The Kier molecular flexibility index (Phi) is 9.41. The number of aliphatic hydroxyl groups is 3. The van der Waals surface area contributed by atoms with Gasteiger partial charge in [-0.3, -0.25) is 0 Å². The summed E-state index contributed by atoms with van der Waals surface area (Å²) in [6.45, 7) is 2.02. The Balaban J connectivity index is 2.10. The van der Waals surface area contributed by atoms with E-state index in [4.69, 9.17) is 0 Å². The Morgan fingerprint density at radius 2 is 1.97 bits per heavy atom. The maximum Gasteiger partial charge on any atom is 0.331 e. The van der Waals surface area contributed by atoms with Gasteiger partial charge < -0.3 is 20.4 Å². The second-order valence-corrected chi connectivity index (χ2v) is 10.5. The van der Waals surface area contributed by atoms with Gasteiger partial charge in [0, 0.05) is 22.4 Å². The predicted octanol–water partition coefficient (Wildman–Crippen LogP) is 5.74. The number of thiophene rings is 1. The van der Waals surface area contributed by atoms with Crippen molar-refractivity contribution in [2.24, 2.45) is 5.92 Å². The van der Waals surface area contributed by atoms with Gasteiger partial charge in [-0.2, -0.15) is 0 Å². The van der Waals surface area contributed by atoms with Gasteiger partial charge in [0.25, 0.3) is 0 Å². The van der Waals surface area contributed by atoms with Gasteiger partial charge in [0.15, 0.2) is 0 Å². The number of carboxylic acid groups (broad SMARTS) is 1. The van der Waals surface area contributed by atoms with Gasteiger partial charge in [0.2, 0.25) is 0 Å². The number of allylic oxidation sites excluding steroid dienone is 2. The van der Waals surface area contributed by atoms with Crippen LogP contribution in [0.4, 0.5) is 0 Å². The standard InChI is InChI=1S/C21H28Br2O5S/c1-2-3-4-8-15(20(26)27)16-10-14(24)11-21(16,28)17(25)9-6-5-7-13-12-29-19(23)18(13)22/h8-9,12,14,16,24-25,28H,2-7,10-11H2,1H3,(H,26,27)/b15-8?,17-9+/t14-,16?,21-/m0/s1. The summed E-state index contributed by atoms with van der Waals surface area (Å²) in [5.74, 6) is -2.18. The number of hydrogen-bond acceptors (Lipinski definition) is 5. The van der Waals surface area contributed by atoms with E-state index in [1.807, 2.05) is 6.92 Å². The molecule has 1 heterocycles. The Morgan fingerprint density at radius 3 is 2.55 bits per heavy atom. The van der Waals surface area contributed by atoms with Crippen LogP contribution in [0.3, 0.4) is 0 Å². The fourth-order valence-electron chi connectivity index (χ4n) is 3.79. The molecule has 1 saturated carbocycles. The van der Waals surface area contributed by atoms with Gasteiger partial charge >= 0.3 is 5.97 Å². The van der Waals surface area contributed by atoms with Crippen LogP contribution < -0.4 is 0 Å². The summed E-state index contributed by atoms with van der Waals surface area (Å²) >= 11 is 8.61. The van der Waals surface area contributed by atoms with Crippen molar-refractivity contribution in [1.29, 1.82) is 0 Å². The minimum absolute atomic E-state index is 0.0680. The van der Waals surface area contributed by atoms with Crippen molar-refractivity contribution in [2.75, 3.05) is 0 Å². The number of hydrogen-bond donors (Lipinski definition) is 4. The molecule has 1 aromatic rings. The van der Waals surface area contributed by atoms with Crippen LogP contribution in [0, 0.1) is 5.92 Å². The molecule has 8 heteroatoms. The van der Waals surface area contributed by atoms with E-state index in [1.54, 1.807) is 23.5 Å². The molecule has 0 amide bonds. The molecule has 1 fully saturated rings. The minimum Gasteiger partial charge on any atom is -0.510 e. The lowest BCUT2D eigenvalue weighted by Gasteiger charge is -2.30. The van der Waals surface area contributed by atoms with Crippen LogP contribution in [-0.4, -0.2) is 38.1 Å². The Bertz CT molecular complexity index is 773. The van der Waals surface area contributed by atoms with Crippen molar-refractivity contribution in [3.8, 4) is 0 Å². The lowest BCUT2D eigenvalue weighted by Crippen LogP contribution is -2.38. The molecule has 1 aliphatic carbocycles. The molecular weight excluding hydrogens is 524 g/mol. The first-order chi connectivity index (χ1) is 13.7. The van der Waals surface area contributed by atoms with Crippen molar-refractivity contribution in [2.45, 2.75) is 70.0 Å². The van der Waals surface area contributed by atoms with E-state index in [9.17, 15) is 25.2 Å². The summed E-state index contributed by atoms with van der Waals surface area (Å²) in [6, 6.07) is 0. The number of unbranched alkanes of at least 4 members (excludes halogenated alkanes) is 3. The highest BCUT2D eigenvalue weighted by Crippen LogP contribution is 2.44. The molecule has 1 aromatic heterocycles. The van der Waals surface area contributed by atoms with Gasteiger partial charge in [0.1, 0.15) is 11.4 Å². The minimum atomic E-state index is -1.75. The zero-order valence-electron chi connectivity index (χ0n) is 16.4. The van der Waals surface area contributed by atoms with E-state index in [2.05, 4.69) is 37.2 Å². The number of aryl methyl sites for hydroxylation is 1. The molecule has 1 aliphatic rings. The van der Waals surface area contributed by atoms with Crippen molar-refractivity contribution < 1.29 is 25.2 Å². The van der Waals surface area contributed by atoms with Crippen molar-refractivity contribution >= 4 is 49.2 Å². The quantitative estimate of drug-likeness (QED) is 0.169. The second kappa shape index (κ2) is 11.1. The Labute approximate surface area is 192 Å². The van der Waals surface area contributed by atoms with Crippen LogP contribution in [0.15, 0.2) is 37.1 Å². The van der Waals surface area contributed by atoms with Crippen LogP contribution in [0.25, 0.3) is 0 Å². The molecule has 0 bridgehead atoms. The third-order valence-corrected chi connectivity index (χ3v) is 8.84. The molecule has 3 atom stereocenters. The first-order valence-corrected chi connectivity index (χ1v) is 12.3. The first-order valence-electron chi connectivity index (χ1n) is 9.85. The highest BCUT2D eigenvalue weighted by molar-refractivity contribution is 9.13. The molecular formula is C21H28Br2O5S. The Morgan fingerprint density at radius 1 is 1.28 bits per heavy atom. The maximum absolute atomic E-state index is 11.8. The summed E-state index contributed by atoms with van der Waals surface area (Å²) in [5.41, 5.74) is -0.499. The fourth-order valence-corrected chi connectivity index (χ4v) is 5.78. The fraction of sp³-hybridized carbons (Fsp3) is 0.571. The zero-order valence-corrected chi connectivity index (χ0v) is 20.4. The molecule has 0 spiro atoms. The zero-order chi connectivity index (χ0) is 21.6. The van der Waals surface area contributed by atoms with E-state index < -0.39 is 23.6 Å². The molecule has 0 aliphatic heterocycles. The number of rotatable bonds is 10.